The van der Waals surface area contributed by atoms with E-state index in [0.717, 1.165) is 9.80 Å². The first-order valence-corrected chi connectivity index (χ1v) is 7.17. The number of aromatic nitrogens is 1. The van der Waals surface area contributed by atoms with Crippen LogP contribution in [0.25, 0.3) is 0 Å². The van der Waals surface area contributed by atoms with Crippen molar-refractivity contribution < 1.29 is 32.3 Å². The molecule has 0 aromatic carbocycles. The molecule has 10 heteroatoms. The molecule has 2 heterocycles. The second kappa shape index (κ2) is 6.62. The van der Waals surface area contributed by atoms with Crippen molar-refractivity contribution in [2.45, 2.75) is 32.0 Å². The number of pyridine rings is 1. The van der Waals surface area contributed by atoms with Crippen molar-refractivity contribution in [1.82, 2.24) is 9.88 Å². The average Bonchev–Trinajstić information content (AvgIpc) is 2.75. The molecule has 0 radical (unpaired) electrons. The normalized spacial score (nSPS) is 18.4. The molecule has 1 aromatic heterocycles. The number of amides is 2. The summed E-state index contributed by atoms with van der Waals surface area (Å²) in [5.41, 5.74) is -1.26. The molecule has 6 nitrogen and oxygen atoms in total. The van der Waals surface area contributed by atoms with E-state index in [2.05, 4.69) is 4.98 Å². The number of rotatable bonds is 5. The Kier molecular flexibility index (Phi) is 4.95. The van der Waals surface area contributed by atoms with E-state index in [1.165, 1.54) is 0 Å². The highest BCUT2D eigenvalue weighted by Crippen LogP contribution is 2.32. The molecule has 0 saturated carbocycles. The summed E-state index contributed by atoms with van der Waals surface area (Å²) in [7, 11) is 0. The van der Waals surface area contributed by atoms with Crippen LogP contribution in [0.15, 0.2) is 12.3 Å². The van der Waals surface area contributed by atoms with Crippen LogP contribution in [0.3, 0.4) is 0 Å². The van der Waals surface area contributed by atoms with Crippen LogP contribution >= 0.6 is 0 Å². The predicted molar refractivity (Wildman–Crippen MR) is 75.0 cm³/mol. The molecule has 1 aliphatic rings. The van der Waals surface area contributed by atoms with Crippen LogP contribution in [0.1, 0.15) is 25.3 Å². The topological polar surface area (TPSA) is 73.7 Å². The summed E-state index contributed by atoms with van der Waals surface area (Å²) in [4.78, 5) is 28.6. The lowest BCUT2D eigenvalue weighted by Crippen LogP contribution is -2.39. The number of hydrogen-bond donors (Lipinski definition) is 1. The maximum Gasteiger partial charge on any atom is 0.417 e. The zero-order valence-electron chi connectivity index (χ0n) is 12.7. The molecule has 0 aliphatic carbocycles. The Morgan fingerprint density at radius 3 is 2.62 bits per heavy atom. The Hall–Kier alpha value is -2.39. The lowest BCUT2D eigenvalue weighted by molar-refractivity contribution is -0.138. The minimum absolute atomic E-state index is 0.0325. The largest absolute Gasteiger partial charge is 0.480 e. The molecule has 0 unspecified atom stereocenters. The molecule has 2 amide bonds. The summed E-state index contributed by atoms with van der Waals surface area (Å²) >= 11 is 0. The van der Waals surface area contributed by atoms with Crippen molar-refractivity contribution in [1.29, 1.82) is 0 Å². The number of aliphatic carboxylic acids is 1. The van der Waals surface area contributed by atoms with Crippen molar-refractivity contribution in [3.63, 3.8) is 0 Å². The summed E-state index contributed by atoms with van der Waals surface area (Å²) < 4.78 is 51.7. The lowest BCUT2D eigenvalue weighted by Gasteiger charge is -2.20. The number of alkyl halides is 3. The first-order chi connectivity index (χ1) is 11.1. The van der Waals surface area contributed by atoms with Gasteiger partial charge in [-0.3, -0.25) is 9.69 Å². The SMILES string of the molecule is CCC[C@H]1CN(c2ncc(C(F)(F)F)cc2F)C(=O)N1CC(=O)O. The van der Waals surface area contributed by atoms with Gasteiger partial charge in [-0.1, -0.05) is 13.3 Å². The van der Waals surface area contributed by atoms with Crippen molar-refractivity contribution >= 4 is 17.8 Å². The molecule has 1 saturated heterocycles. The highest BCUT2D eigenvalue weighted by molar-refractivity contribution is 5.95. The third kappa shape index (κ3) is 3.57. The number of carbonyl (C=O) groups excluding carboxylic acids is 1. The van der Waals surface area contributed by atoms with Gasteiger partial charge in [0.25, 0.3) is 0 Å². The maximum absolute atomic E-state index is 14.0. The van der Waals surface area contributed by atoms with E-state index in [1.807, 2.05) is 6.92 Å². The first kappa shape index (κ1) is 18.0. The van der Waals surface area contributed by atoms with Crippen LogP contribution in [0.4, 0.5) is 28.2 Å². The molecule has 0 bridgehead atoms. The molecular formula is C14H15F4N3O3. The summed E-state index contributed by atoms with van der Waals surface area (Å²) in [5, 5.41) is 8.89. The van der Waals surface area contributed by atoms with Gasteiger partial charge in [0.1, 0.15) is 6.54 Å². The predicted octanol–water partition coefficient (Wildman–Crippen LogP) is 2.73. The third-order valence-electron chi connectivity index (χ3n) is 3.64. The molecule has 24 heavy (non-hydrogen) atoms. The number of hydrogen-bond acceptors (Lipinski definition) is 3. The Morgan fingerprint density at radius 2 is 2.12 bits per heavy atom. The Balaban J connectivity index is 2.32. The van der Waals surface area contributed by atoms with Gasteiger partial charge in [-0.05, 0) is 12.5 Å². The van der Waals surface area contributed by atoms with Crippen LogP contribution in [0, 0.1) is 5.82 Å². The Bertz CT molecular complexity index is 651. The molecule has 1 atom stereocenters. The fourth-order valence-electron chi connectivity index (χ4n) is 2.58. The third-order valence-corrected chi connectivity index (χ3v) is 3.64. The summed E-state index contributed by atoms with van der Waals surface area (Å²) in [6.07, 6.45) is -3.16. The number of nitrogens with zero attached hydrogens (tertiary/aromatic N) is 3. The van der Waals surface area contributed by atoms with E-state index in [4.69, 9.17) is 5.11 Å². The minimum atomic E-state index is -4.75. The monoisotopic (exact) mass is 349 g/mol. The lowest BCUT2D eigenvalue weighted by atomic mass is 10.1. The molecule has 1 aromatic rings. The highest BCUT2D eigenvalue weighted by Gasteiger charge is 2.41. The number of anilines is 1. The molecule has 2 rings (SSSR count). The van der Waals surface area contributed by atoms with Gasteiger partial charge in [0.15, 0.2) is 11.6 Å². The first-order valence-electron chi connectivity index (χ1n) is 7.17. The van der Waals surface area contributed by atoms with E-state index >= 15 is 0 Å². The van der Waals surface area contributed by atoms with Crippen LogP contribution in [-0.2, 0) is 11.0 Å². The zero-order chi connectivity index (χ0) is 18.1. The fourth-order valence-corrected chi connectivity index (χ4v) is 2.58. The quantitative estimate of drug-likeness (QED) is 0.830. The van der Waals surface area contributed by atoms with Gasteiger partial charge >= 0.3 is 18.2 Å². The Labute approximate surface area is 134 Å². The number of carbonyl (C=O) groups is 2. The van der Waals surface area contributed by atoms with Gasteiger partial charge in [0.2, 0.25) is 0 Å². The fraction of sp³-hybridized carbons (Fsp3) is 0.500. The van der Waals surface area contributed by atoms with Gasteiger partial charge in [0.05, 0.1) is 11.6 Å². The van der Waals surface area contributed by atoms with E-state index in [-0.39, 0.29) is 12.6 Å². The van der Waals surface area contributed by atoms with Crippen molar-refractivity contribution in [2.24, 2.45) is 0 Å². The zero-order valence-corrected chi connectivity index (χ0v) is 12.7. The highest BCUT2D eigenvalue weighted by atomic mass is 19.4. The van der Waals surface area contributed by atoms with Crippen LogP contribution < -0.4 is 4.90 Å². The Morgan fingerprint density at radius 1 is 1.46 bits per heavy atom. The van der Waals surface area contributed by atoms with Crippen LogP contribution in [-0.4, -0.2) is 46.1 Å². The maximum atomic E-state index is 14.0. The molecule has 1 N–H and O–H groups in total. The van der Waals surface area contributed by atoms with E-state index in [0.29, 0.717) is 19.0 Å². The van der Waals surface area contributed by atoms with Crippen molar-refractivity contribution in [3.05, 3.63) is 23.6 Å². The molecule has 132 valence electrons. The summed E-state index contributed by atoms with van der Waals surface area (Å²) in [6, 6.07) is -0.992. The number of urea groups is 1. The van der Waals surface area contributed by atoms with Gasteiger partial charge in [-0.15, -0.1) is 0 Å². The van der Waals surface area contributed by atoms with Gasteiger partial charge in [-0.25, -0.2) is 14.2 Å². The number of carboxylic acids is 1. The van der Waals surface area contributed by atoms with E-state index in [9.17, 15) is 27.2 Å². The van der Waals surface area contributed by atoms with Gasteiger partial charge < -0.3 is 10.0 Å². The van der Waals surface area contributed by atoms with E-state index < -0.39 is 48.0 Å². The minimum Gasteiger partial charge on any atom is -0.480 e. The standard InChI is InChI=1S/C14H15F4N3O3/c1-2-3-9-6-21(13(24)20(9)7-11(22)23)12-10(15)4-8(5-19-12)14(16,17)18/h4-5,9H,2-3,6-7H2,1H3,(H,22,23)/t9-/m0/s1. The molecule has 1 fully saturated rings. The summed E-state index contributed by atoms with van der Waals surface area (Å²) in [6.45, 7) is 1.24. The van der Waals surface area contributed by atoms with Crippen molar-refractivity contribution in [3.8, 4) is 0 Å². The molecular weight excluding hydrogens is 334 g/mol. The molecule has 1 aliphatic heterocycles. The summed E-state index contributed by atoms with van der Waals surface area (Å²) in [5.74, 6) is -3.06. The smallest absolute Gasteiger partial charge is 0.417 e. The second-order valence-electron chi connectivity index (χ2n) is 5.38. The van der Waals surface area contributed by atoms with Crippen LogP contribution in [0.5, 0.6) is 0 Å². The van der Waals surface area contributed by atoms with Gasteiger partial charge in [0, 0.05) is 12.7 Å². The number of carboxylic acid groups (broad SMARTS) is 1. The molecule has 0 spiro atoms. The van der Waals surface area contributed by atoms with Crippen LogP contribution in [0.2, 0.25) is 0 Å². The average molecular weight is 349 g/mol. The van der Waals surface area contributed by atoms with Crippen molar-refractivity contribution in [2.75, 3.05) is 18.0 Å². The second-order valence-corrected chi connectivity index (χ2v) is 5.38. The van der Waals surface area contributed by atoms with E-state index in [1.54, 1.807) is 0 Å². The van der Waals surface area contributed by atoms with Gasteiger partial charge in [-0.2, -0.15) is 13.2 Å². The number of halogens is 4.